The smallest absolute Gasteiger partial charge is 0.306 e. The van der Waals surface area contributed by atoms with Gasteiger partial charge in [0.25, 0.3) is 0 Å². The Labute approximate surface area is 150 Å². The van der Waals surface area contributed by atoms with Crippen LogP contribution in [0.4, 0.5) is 0 Å². The van der Waals surface area contributed by atoms with Gasteiger partial charge in [0.2, 0.25) is 0 Å². The Balaban J connectivity index is 1.49. The Bertz CT molecular complexity index is 679. The summed E-state index contributed by atoms with van der Waals surface area (Å²) < 4.78 is 6.01. The molecule has 3 nitrogen and oxygen atoms in total. The highest BCUT2D eigenvalue weighted by Crippen LogP contribution is 2.69. The van der Waals surface area contributed by atoms with Gasteiger partial charge in [-0.2, -0.15) is 0 Å². The summed E-state index contributed by atoms with van der Waals surface area (Å²) in [5, 5.41) is 0. The van der Waals surface area contributed by atoms with Crippen LogP contribution in [0.3, 0.4) is 0 Å². The number of ether oxygens (including phenoxy) is 1. The minimum Gasteiger partial charge on any atom is -0.458 e. The second kappa shape index (κ2) is 4.98. The third kappa shape index (κ3) is 1.93. The number of fused-ring (bicyclic) bond motifs is 6. The van der Waals surface area contributed by atoms with Crippen molar-refractivity contribution in [3.8, 4) is 0 Å². The average molecular weight is 342 g/mol. The lowest BCUT2D eigenvalue weighted by Crippen LogP contribution is -2.54. The zero-order chi connectivity index (χ0) is 17.4. The fourth-order valence-electron chi connectivity index (χ4n) is 7.85. The fraction of sp³-hybridized carbons (Fsp3) is 0.818. The molecule has 1 spiro atoms. The Morgan fingerprint density at radius 1 is 0.920 bits per heavy atom. The number of ketones is 1. The van der Waals surface area contributed by atoms with E-state index in [0.29, 0.717) is 24.0 Å². The van der Waals surface area contributed by atoms with E-state index in [1.165, 1.54) is 31.3 Å². The van der Waals surface area contributed by atoms with Crippen LogP contribution < -0.4 is 0 Å². The molecule has 6 atom stereocenters. The molecule has 5 rings (SSSR count). The monoisotopic (exact) mass is 342 g/mol. The van der Waals surface area contributed by atoms with E-state index >= 15 is 0 Å². The van der Waals surface area contributed by atoms with Crippen LogP contribution in [0.2, 0.25) is 0 Å². The SMILES string of the molecule is C[C@]12CCC(=O)C=C1CCC1C3CC[C@@]4(CCC(=O)O4)[C@@]3(C)CC[C@H]12. The predicted molar refractivity (Wildman–Crippen MR) is 94.8 cm³/mol. The van der Waals surface area contributed by atoms with Crippen molar-refractivity contribution in [1.82, 2.24) is 0 Å². The van der Waals surface area contributed by atoms with Gasteiger partial charge in [-0.25, -0.2) is 0 Å². The molecule has 1 saturated heterocycles. The van der Waals surface area contributed by atoms with E-state index in [1.807, 2.05) is 6.08 Å². The summed E-state index contributed by atoms with van der Waals surface area (Å²) >= 11 is 0. The Hall–Kier alpha value is -1.12. The highest BCUT2D eigenvalue weighted by atomic mass is 16.6. The number of hydrogen-bond acceptors (Lipinski definition) is 3. The number of rotatable bonds is 0. The van der Waals surface area contributed by atoms with Gasteiger partial charge in [0, 0.05) is 18.3 Å². The lowest BCUT2D eigenvalue weighted by atomic mass is 9.46. The molecule has 0 aromatic rings. The molecule has 0 amide bonds. The molecule has 5 aliphatic rings. The van der Waals surface area contributed by atoms with Gasteiger partial charge >= 0.3 is 5.97 Å². The molecule has 0 N–H and O–H groups in total. The summed E-state index contributed by atoms with van der Waals surface area (Å²) in [7, 11) is 0. The molecule has 1 heterocycles. The van der Waals surface area contributed by atoms with Crippen LogP contribution in [0.1, 0.15) is 78.1 Å². The first-order valence-corrected chi connectivity index (χ1v) is 10.3. The number of hydrogen-bond donors (Lipinski definition) is 0. The molecule has 0 aromatic carbocycles. The molecule has 0 aromatic heterocycles. The van der Waals surface area contributed by atoms with Gasteiger partial charge in [-0.3, -0.25) is 9.59 Å². The van der Waals surface area contributed by atoms with Crippen molar-refractivity contribution in [1.29, 1.82) is 0 Å². The highest BCUT2D eigenvalue weighted by Gasteiger charge is 2.66. The molecule has 1 aliphatic heterocycles. The number of carbonyl (C=O) groups is 2. The van der Waals surface area contributed by atoms with Crippen LogP contribution in [0.5, 0.6) is 0 Å². The first kappa shape index (κ1) is 16.1. The lowest BCUT2D eigenvalue weighted by molar-refractivity contribution is -0.168. The van der Waals surface area contributed by atoms with Crippen molar-refractivity contribution in [2.24, 2.45) is 28.6 Å². The van der Waals surface area contributed by atoms with Crippen LogP contribution in [0.25, 0.3) is 0 Å². The summed E-state index contributed by atoms with van der Waals surface area (Å²) in [6, 6.07) is 0. The van der Waals surface area contributed by atoms with Gasteiger partial charge in [-0.05, 0) is 80.6 Å². The van der Waals surface area contributed by atoms with Gasteiger partial charge in [-0.15, -0.1) is 0 Å². The van der Waals surface area contributed by atoms with Crippen LogP contribution >= 0.6 is 0 Å². The van der Waals surface area contributed by atoms with Crippen LogP contribution in [0.15, 0.2) is 11.6 Å². The number of carbonyl (C=O) groups excluding carboxylic acids is 2. The second-order valence-corrected chi connectivity index (χ2v) is 9.93. The maximum Gasteiger partial charge on any atom is 0.306 e. The topological polar surface area (TPSA) is 43.4 Å². The molecule has 3 saturated carbocycles. The van der Waals surface area contributed by atoms with E-state index in [9.17, 15) is 9.59 Å². The van der Waals surface area contributed by atoms with E-state index in [4.69, 9.17) is 4.74 Å². The first-order chi connectivity index (χ1) is 11.9. The minimum atomic E-state index is -0.167. The summed E-state index contributed by atoms with van der Waals surface area (Å²) in [6.45, 7) is 4.86. The summed E-state index contributed by atoms with van der Waals surface area (Å²) in [4.78, 5) is 23.8. The quantitative estimate of drug-likeness (QED) is 0.605. The fourth-order valence-corrected chi connectivity index (χ4v) is 7.85. The van der Waals surface area contributed by atoms with E-state index in [2.05, 4.69) is 13.8 Å². The van der Waals surface area contributed by atoms with Crippen LogP contribution in [-0.2, 0) is 14.3 Å². The molecule has 136 valence electrons. The largest absolute Gasteiger partial charge is 0.458 e. The third-order valence-corrected chi connectivity index (χ3v) is 9.29. The normalized spacial score (nSPS) is 51.6. The van der Waals surface area contributed by atoms with Gasteiger partial charge < -0.3 is 4.74 Å². The van der Waals surface area contributed by atoms with Crippen LogP contribution in [0, 0.1) is 28.6 Å². The molecule has 4 aliphatic carbocycles. The molecule has 4 fully saturated rings. The van der Waals surface area contributed by atoms with Crippen molar-refractivity contribution in [3.63, 3.8) is 0 Å². The molecule has 3 heteroatoms. The van der Waals surface area contributed by atoms with Gasteiger partial charge in [0.1, 0.15) is 5.60 Å². The maximum absolute atomic E-state index is 11.9. The van der Waals surface area contributed by atoms with Crippen molar-refractivity contribution in [2.75, 3.05) is 0 Å². The molecule has 2 unspecified atom stereocenters. The number of esters is 1. The minimum absolute atomic E-state index is 0.0237. The summed E-state index contributed by atoms with van der Waals surface area (Å²) in [5.74, 6) is 2.51. The van der Waals surface area contributed by atoms with Gasteiger partial charge in [0.05, 0.1) is 0 Å². The molecule has 25 heavy (non-hydrogen) atoms. The summed E-state index contributed by atoms with van der Waals surface area (Å²) in [5.41, 5.74) is 1.68. The molecule has 0 bridgehead atoms. The Morgan fingerprint density at radius 3 is 2.48 bits per heavy atom. The van der Waals surface area contributed by atoms with Crippen molar-refractivity contribution < 1.29 is 14.3 Å². The zero-order valence-corrected chi connectivity index (χ0v) is 15.6. The van der Waals surface area contributed by atoms with E-state index in [1.54, 1.807) is 0 Å². The first-order valence-electron chi connectivity index (χ1n) is 10.3. The van der Waals surface area contributed by atoms with E-state index in [0.717, 1.165) is 38.0 Å². The standard InChI is InChI=1S/C22H30O3/c1-20-9-5-15(23)13-14(20)3-4-16-17(20)6-10-21(2)18(16)7-11-22(21)12-8-19(24)25-22/h13,16-18H,3-12H2,1-2H3/t16?,17-,18?,20+,21+,22-/m1/s1. The maximum atomic E-state index is 11.9. The number of allylic oxidation sites excluding steroid dienone is 1. The van der Waals surface area contributed by atoms with Crippen molar-refractivity contribution in [3.05, 3.63) is 11.6 Å². The van der Waals surface area contributed by atoms with E-state index < -0.39 is 0 Å². The highest BCUT2D eigenvalue weighted by molar-refractivity contribution is 5.91. The zero-order valence-electron chi connectivity index (χ0n) is 15.6. The second-order valence-electron chi connectivity index (χ2n) is 9.93. The van der Waals surface area contributed by atoms with Crippen molar-refractivity contribution >= 4 is 11.8 Å². The van der Waals surface area contributed by atoms with Crippen LogP contribution in [-0.4, -0.2) is 17.4 Å². The molecule has 0 radical (unpaired) electrons. The van der Waals surface area contributed by atoms with Crippen molar-refractivity contribution in [2.45, 2.75) is 83.7 Å². The average Bonchev–Trinajstić information content (AvgIpc) is 3.10. The lowest BCUT2D eigenvalue weighted by Gasteiger charge is -2.59. The third-order valence-electron chi connectivity index (χ3n) is 9.29. The Kier molecular flexibility index (Phi) is 3.21. The summed E-state index contributed by atoms with van der Waals surface area (Å²) in [6.07, 6.45) is 12.3. The Morgan fingerprint density at radius 2 is 1.72 bits per heavy atom. The predicted octanol–water partition coefficient (Wildman–Crippen LogP) is 4.59. The van der Waals surface area contributed by atoms with Gasteiger partial charge in [0.15, 0.2) is 5.78 Å². The molecular weight excluding hydrogens is 312 g/mol. The molecular formula is C22H30O3. The van der Waals surface area contributed by atoms with Gasteiger partial charge in [-0.1, -0.05) is 19.4 Å². The van der Waals surface area contributed by atoms with E-state index in [-0.39, 0.29) is 22.4 Å².